The van der Waals surface area contributed by atoms with E-state index in [2.05, 4.69) is 73.4 Å². The molecule has 12 amide bonds. The van der Waals surface area contributed by atoms with Crippen molar-refractivity contribution in [2.45, 2.75) is 184 Å². The molecule has 1 saturated heterocycles. The van der Waals surface area contributed by atoms with Gasteiger partial charge in [0.25, 0.3) is 0 Å². The van der Waals surface area contributed by atoms with Crippen molar-refractivity contribution in [2.75, 3.05) is 19.7 Å². The number of aromatic amines is 2. The number of phenolic OH excluding ortho intramolecular Hbond substituents is 1. The standard InChI is InChI=1S/C72H99N19O18/c1-37(2)25-49(85-65(102)51(30-43-34-77-36-80-43)84-61(98)46(73)27-40-13-7-6-8-14-40)63(100)87-52(31-58(74)94)66(103)88-54(29-42-33-79-47-16-10-9-15-45(42)47)70(107)91-24-12-18-57(91)69(106)90-56(35-92)68(105)82-48(17-11-23-78-72(75)76)62(99)81-39(5)60(97)83-53(32-59(95)96)67(104)86-50(28-41-19-21-44(93)22-20-41)64(101)89-55(71(108)109)26-38(3)4/h6-10,13-16,19-22,33-34,36-39,46,48-57,79,92-93H,11-12,17-18,23-32,35,73H2,1-5H3,(H2,74,94)(H,77,80)(H,81,99)(H,82,105)(H,83,97)(H,84,98)(H,85,102)(H,86,104)(H,87,100)(H,88,103)(H,89,101)(H,90,106)(H,95,96)(H,108,109)(H4,75,76,78)/t39-,46-,48-,49-,50-,51-,52-,53-,54-,55-,56-,57-/m0/s1. The van der Waals surface area contributed by atoms with Gasteiger partial charge in [0.1, 0.15) is 72.2 Å². The lowest BCUT2D eigenvalue weighted by Gasteiger charge is -2.31. The zero-order valence-electron chi connectivity index (χ0n) is 61.1. The van der Waals surface area contributed by atoms with Gasteiger partial charge in [-0.3, -0.25) is 67.7 Å². The number of nitrogens with one attached hydrogen (secondary N) is 14. The fraction of sp³-hybridized carbons (Fsp3) is 0.472. The van der Waals surface area contributed by atoms with Crippen LogP contribution in [-0.2, 0) is 92.8 Å². The number of carbonyl (C=O) groups excluding carboxylic acids is 12. The van der Waals surface area contributed by atoms with E-state index in [4.69, 9.17) is 22.6 Å². The highest BCUT2D eigenvalue weighted by molar-refractivity contribution is 6.01. The van der Waals surface area contributed by atoms with Crippen molar-refractivity contribution in [3.05, 3.63) is 120 Å². The highest BCUT2D eigenvalue weighted by Gasteiger charge is 2.42. The van der Waals surface area contributed by atoms with Crippen molar-refractivity contribution in [3.8, 4) is 5.75 Å². The molecular weight excluding hydrogens is 1420 g/mol. The number of aromatic hydroxyl groups is 1. The number of carbonyl (C=O) groups is 14. The van der Waals surface area contributed by atoms with Gasteiger partial charge in [0.05, 0.1) is 31.8 Å². The summed E-state index contributed by atoms with van der Waals surface area (Å²) in [6.45, 7) is 6.86. The first-order valence-corrected chi connectivity index (χ1v) is 35.6. The van der Waals surface area contributed by atoms with E-state index in [-0.39, 0.29) is 94.9 Å². The number of phenols is 1. The number of nitrogens with zero attached hydrogens (tertiary/aromatic N) is 2. The Labute approximate surface area is 627 Å². The summed E-state index contributed by atoms with van der Waals surface area (Å²) in [5, 5.41) is 75.8. The zero-order valence-corrected chi connectivity index (χ0v) is 61.1. The fourth-order valence-corrected chi connectivity index (χ4v) is 12.1. The van der Waals surface area contributed by atoms with Crippen LogP contribution in [0.25, 0.3) is 10.9 Å². The summed E-state index contributed by atoms with van der Waals surface area (Å²) < 4.78 is 0. The summed E-state index contributed by atoms with van der Waals surface area (Å²) in [5.74, 6) is -16.0. The van der Waals surface area contributed by atoms with Crippen LogP contribution in [0.3, 0.4) is 0 Å². The van der Waals surface area contributed by atoms with E-state index in [0.29, 0.717) is 27.7 Å². The number of hydrogen-bond acceptors (Lipinski definition) is 19. The minimum absolute atomic E-state index is 0.00392. The summed E-state index contributed by atoms with van der Waals surface area (Å²) in [6.07, 6.45) is 1.86. The number of aliphatic carboxylic acids is 2. The van der Waals surface area contributed by atoms with Crippen LogP contribution in [-0.4, -0.2) is 221 Å². The normalized spacial score (nSPS) is 15.6. The molecule has 0 spiro atoms. The summed E-state index contributed by atoms with van der Waals surface area (Å²) in [6, 6.07) is 2.83. The van der Waals surface area contributed by atoms with Crippen molar-refractivity contribution in [2.24, 2.45) is 29.0 Å². The van der Waals surface area contributed by atoms with Crippen LogP contribution in [0.1, 0.15) is 108 Å². The van der Waals surface area contributed by atoms with E-state index in [0.717, 1.165) is 17.4 Å². The highest BCUT2D eigenvalue weighted by atomic mass is 16.4. The average molecular weight is 1520 g/mol. The third kappa shape index (κ3) is 27.4. The molecular formula is C72H99N19O18. The Morgan fingerprint density at radius 2 is 1.10 bits per heavy atom. The number of rotatable bonds is 43. The Morgan fingerprint density at radius 3 is 1.72 bits per heavy atom. The number of aliphatic hydroxyl groups is 1. The van der Waals surface area contributed by atoms with Gasteiger partial charge in [-0.1, -0.05) is 88.4 Å². The molecule has 2 aromatic heterocycles. The number of guanidine groups is 1. The van der Waals surface area contributed by atoms with E-state index >= 15 is 4.79 Å². The van der Waals surface area contributed by atoms with Crippen LogP contribution in [0, 0.1) is 17.2 Å². The molecule has 24 N–H and O–H groups in total. The maximum atomic E-state index is 15.2. The quantitative estimate of drug-likeness (QED) is 0.0104. The Balaban J connectivity index is 1.18. The molecule has 0 bridgehead atoms. The molecule has 0 saturated carbocycles. The number of fused-ring (bicyclic) bond motifs is 1. The minimum Gasteiger partial charge on any atom is -0.508 e. The smallest absolute Gasteiger partial charge is 0.326 e. The van der Waals surface area contributed by atoms with E-state index < -0.39 is 181 Å². The number of primary amides is 1. The monoisotopic (exact) mass is 1520 g/mol. The van der Waals surface area contributed by atoms with Gasteiger partial charge in [-0.2, -0.15) is 0 Å². The second kappa shape index (κ2) is 41.8. The Kier molecular flexibility index (Phi) is 32.9. The number of carboxylic acid groups (broad SMARTS) is 2. The van der Waals surface area contributed by atoms with Crippen LogP contribution in [0.2, 0.25) is 0 Å². The third-order valence-corrected chi connectivity index (χ3v) is 17.7. The molecule has 5 aromatic rings. The van der Waals surface area contributed by atoms with E-state index in [1.165, 1.54) is 36.8 Å². The van der Waals surface area contributed by atoms with Crippen LogP contribution in [0.15, 0.2) is 97.6 Å². The van der Waals surface area contributed by atoms with Gasteiger partial charge < -0.3 is 111 Å². The second-order valence-electron chi connectivity index (χ2n) is 27.5. The van der Waals surface area contributed by atoms with Gasteiger partial charge in [0, 0.05) is 61.3 Å². The summed E-state index contributed by atoms with van der Waals surface area (Å²) in [5.41, 5.74) is 20.2. The van der Waals surface area contributed by atoms with Gasteiger partial charge in [-0.05, 0) is 98.6 Å². The average Bonchev–Trinajstić information content (AvgIpc) is 1.64. The first-order valence-electron chi connectivity index (χ1n) is 35.6. The number of aromatic nitrogens is 3. The van der Waals surface area contributed by atoms with Crippen molar-refractivity contribution in [3.63, 3.8) is 0 Å². The number of nitrogens with two attached hydrogens (primary N) is 3. The molecule has 1 fully saturated rings. The summed E-state index contributed by atoms with van der Waals surface area (Å²) in [7, 11) is 0. The van der Waals surface area contributed by atoms with Gasteiger partial charge in [-0.15, -0.1) is 0 Å². The predicted octanol–water partition coefficient (Wildman–Crippen LogP) is -3.16. The molecule has 0 unspecified atom stereocenters. The summed E-state index contributed by atoms with van der Waals surface area (Å²) in [4.78, 5) is 205. The number of carboxylic acids is 2. The molecule has 12 atom stereocenters. The molecule has 0 radical (unpaired) electrons. The highest BCUT2D eigenvalue weighted by Crippen LogP contribution is 2.24. The van der Waals surface area contributed by atoms with Crippen LogP contribution < -0.4 is 75.7 Å². The number of H-pyrrole nitrogens is 2. The van der Waals surface area contributed by atoms with Crippen molar-refractivity contribution >= 4 is 99.7 Å². The molecule has 590 valence electrons. The van der Waals surface area contributed by atoms with Gasteiger partial charge in [0.2, 0.25) is 70.9 Å². The van der Waals surface area contributed by atoms with Crippen LogP contribution in [0.4, 0.5) is 0 Å². The van der Waals surface area contributed by atoms with E-state index in [1.54, 1.807) is 88.5 Å². The fourth-order valence-electron chi connectivity index (χ4n) is 12.1. The number of para-hydroxylation sites is 1. The largest absolute Gasteiger partial charge is 0.508 e. The number of amides is 12. The maximum Gasteiger partial charge on any atom is 0.326 e. The first-order chi connectivity index (χ1) is 51.7. The Bertz CT molecular complexity index is 4010. The number of benzene rings is 3. The van der Waals surface area contributed by atoms with Gasteiger partial charge in [0.15, 0.2) is 5.96 Å². The maximum absolute atomic E-state index is 15.2. The van der Waals surface area contributed by atoms with Crippen molar-refractivity contribution < 1.29 is 87.5 Å². The minimum atomic E-state index is -1.93. The van der Waals surface area contributed by atoms with Gasteiger partial charge in [-0.25, -0.2) is 9.78 Å². The Morgan fingerprint density at radius 1 is 0.569 bits per heavy atom. The number of hydrogen-bond donors (Lipinski definition) is 21. The third-order valence-electron chi connectivity index (χ3n) is 17.7. The molecule has 109 heavy (non-hydrogen) atoms. The molecule has 3 heterocycles. The van der Waals surface area contributed by atoms with Gasteiger partial charge >= 0.3 is 11.9 Å². The number of imidazole rings is 1. The van der Waals surface area contributed by atoms with E-state index in [1.807, 2.05) is 0 Å². The van der Waals surface area contributed by atoms with Crippen LogP contribution >= 0.6 is 0 Å². The molecule has 37 heteroatoms. The zero-order chi connectivity index (χ0) is 80.2. The molecule has 6 rings (SSSR count). The summed E-state index contributed by atoms with van der Waals surface area (Å²) >= 11 is 0. The van der Waals surface area contributed by atoms with Crippen LogP contribution in [0.5, 0.6) is 5.75 Å². The topological polar surface area (TPSA) is 602 Å². The van der Waals surface area contributed by atoms with E-state index in [9.17, 15) is 82.8 Å². The molecule has 0 aliphatic carbocycles. The Hall–Kier alpha value is -12.0. The van der Waals surface area contributed by atoms with Crippen molar-refractivity contribution in [1.29, 1.82) is 5.41 Å². The second-order valence-corrected chi connectivity index (χ2v) is 27.5. The lowest BCUT2D eigenvalue weighted by atomic mass is 10.0. The number of likely N-dealkylation sites (tertiary alicyclic amines) is 1. The molecule has 1 aliphatic heterocycles. The lowest BCUT2D eigenvalue weighted by molar-refractivity contribution is -0.143. The molecule has 37 nitrogen and oxygen atoms in total. The SMILES string of the molecule is CC(C)C[C@H](NC(=O)[C@H](Cc1ccc(O)cc1)NC(=O)[C@H](CC(=O)O)NC(=O)[C@H](C)NC(=O)[C@H](CCCNC(=N)N)NC(=O)[C@H](CO)NC(=O)[C@@H]1CCCN1C(=O)[C@H](Cc1c[nH]c2ccccc12)NC(=O)[C@H](CC(N)=O)NC(=O)[C@H](CC(C)C)NC(=O)[C@H](Cc1cnc[nH]1)NC(=O)[C@@H](N)Cc1ccccc1)C(=O)O. The molecule has 1 aliphatic rings. The first kappa shape index (κ1) is 85.9. The lowest BCUT2D eigenvalue weighted by Crippen LogP contribution is -2.61. The predicted molar refractivity (Wildman–Crippen MR) is 393 cm³/mol. The molecule has 3 aromatic carbocycles. The number of aliphatic hydroxyl groups excluding tert-OH is 1. The van der Waals surface area contributed by atoms with Crippen molar-refractivity contribution in [1.82, 2.24) is 78.3 Å².